The highest BCUT2D eigenvalue weighted by atomic mass is 32.2. The number of rotatable bonds is 5. The molecular weight excluding hydrogens is 274 g/mol. The summed E-state index contributed by atoms with van der Waals surface area (Å²) in [6, 6.07) is -0.534. The maximum atomic E-state index is 11.4. The molecule has 19 heavy (non-hydrogen) atoms. The fourth-order valence-electron chi connectivity index (χ4n) is 1.73. The minimum atomic E-state index is -3.19. The zero-order valence-corrected chi connectivity index (χ0v) is 11.4. The van der Waals surface area contributed by atoms with Crippen LogP contribution in [0.4, 0.5) is 4.79 Å². The second-order valence-electron chi connectivity index (χ2n) is 4.40. The third-order valence-corrected chi connectivity index (χ3v) is 3.65. The monoisotopic (exact) mass is 291 g/mol. The average molecular weight is 291 g/mol. The van der Waals surface area contributed by atoms with E-state index in [1.165, 1.54) is 0 Å². The fourth-order valence-corrected chi connectivity index (χ4v) is 2.11. The summed E-state index contributed by atoms with van der Waals surface area (Å²) in [6.07, 6.45) is 4.56. The van der Waals surface area contributed by atoms with Gasteiger partial charge in [-0.15, -0.1) is 0 Å². The van der Waals surface area contributed by atoms with Gasteiger partial charge in [-0.3, -0.25) is 4.79 Å². The number of hydrogen-bond acceptors (Lipinski definition) is 5. The first kappa shape index (κ1) is 15.5. The molecule has 1 rings (SSSR count). The highest BCUT2D eigenvalue weighted by Gasteiger charge is 2.30. The summed E-state index contributed by atoms with van der Waals surface area (Å²) in [6.45, 7) is -0.245. The van der Waals surface area contributed by atoms with E-state index in [2.05, 4.69) is 5.32 Å². The van der Waals surface area contributed by atoms with Crippen molar-refractivity contribution in [1.82, 2.24) is 5.32 Å². The van der Waals surface area contributed by atoms with Gasteiger partial charge in [-0.05, 0) is 12.8 Å². The SMILES string of the molecule is CS(=O)(=O)CCOC(=O)N[C@@H]1CC=CC[C@@H]1C(=O)O. The van der Waals surface area contributed by atoms with E-state index in [4.69, 9.17) is 9.84 Å². The number of allylic oxidation sites excluding steroid dienone is 1. The lowest BCUT2D eigenvalue weighted by molar-refractivity contribution is -0.142. The first-order valence-electron chi connectivity index (χ1n) is 5.78. The molecule has 2 N–H and O–H groups in total. The van der Waals surface area contributed by atoms with Crippen LogP contribution in [0, 0.1) is 5.92 Å². The molecule has 1 aliphatic carbocycles. The maximum absolute atomic E-state index is 11.4. The molecule has 0 aliphatic heterocycles. The zero-order valence-electron chi connectivity index (χ0n) is 10.5. The van der Waals surface area contributed by atoms with Crippen LogP contribution in [0.3, 0.4) is 0 Å². The van der Waals surface area contributed by atoms with Crippen LogP contribution >= 0.6 is 0 Å². The minimum absolute atomic E-state index is 0.245. The summed E-state index contributed by atoms with van der Waals surface area (Å²) in [4.78, 5) is 22.4. The van der Waals surface area contributed by atoms with Crippen molar-refractivity contribution in [2.24, 2.45) is 5.92 Å². The van der Waals surface area contributed by atoms with Crippen LogP contribution < -0.4 is 5.32 Å². The Morgan fingerprint density at radius 2 is 2.00 bits per heavy atom. The van der Waals surface area contributed by atoms with Crippen molar-refractivity contribution in [1.29, 1.82) is 0 Å². The molecule has 108 valence electrons. The molecular formula is C11H17NO6S. The lowest BCUT2D eigenvalue weighted by Gasteiger charge is -2.25. The number of ether oxygens (including phenoxy) is 1. The van der Waals surface area contributed by atoms with E-state index in [9.17, 15) is 18.0 Å². The van der Waals surface area contributed by atoms with Crippen LogP contribution in [-0.4, -0.2) is 50.2 Å². The smallest absolute Gasteiger partial charge is 0.407 e. The van der Waals surface area contributed by atoms with Crippen LogP contribution in [0.1, 0.15) is 12.8 Å². The number of aliphatic carboxylic acids is 1. The Labute approximate surface area is 111 Å². The first-order chi connectivity index (χ1) is 8.79. The van der Waals surface area contributed by atoms with E-state index < -0.39 is 33.9 Å². The van der Waals surface area contributed by atoms with Crippen molar-refractivity contribution >= 4 is 21.9 Å². The average Bonchev–Trinajstić information content (AvgIpc) is 2.27. The number of alkyl carbamates (subject to hydrolysis) is 1. The molecule has 0 aromatic carbocycles. The van der Waals surface area contributed by atoms with E-state index in [0.717, 1.165) is 6.26 Å². The number of carboxylic acids is 1. The molecule has 0 aromatic rings. The van der Waals surface area contributed by atoms with Gasteiger partial charge < -0.3 is 15.2 Å². The van der Waals surface area contributed by atoms with Gasteiger partial charge in [-0.1, -0.05) is 12.2 Å². The molecule has 0 saturated carbocycles. The predicted molar refractivity (Wildman–Crippen MR) is 67.5 cm³/mol. The van der Waals surface area contributed by atoms with Gasteiger partial charge in [-0.2, -0.15) is 0 Å². The Morgan fingerprint density at radius 3 is 2.58 bits per heavy atom. The zero-order chi connectivity index (χ0) is 14.5. The van der Waals surface area contributed by atoms with Crippen molar-refractivity contribution in [3.63, 3.8) is 0 Å². The molecule has 0 heterocycles. The Hall–Kier alpha value is -1.57. The third-order valence-electron chi connectivity index (χ3n) is 2.74. The van der Waals surface area contributed by atoms with Gasteiger partial charge in [0.05, 0.1) is 11.7 Å². The summed E-state index contributed by atoms with van der Waals surface area (Å²) < 4.78 is 26.4. The normalized spacial score (nSPS) is 22.8. The van der Waals surface area contributed by atoms with Crippen molar-refractivity contribution in [2.45, 2.75) is 18.9 Å². The molecule has 0 aromatic heterocycles. The Morgan fingerprint density at radius 1 is 1.37 bits per heavy atom. The van der Waals surface area contributed by atoms with Gasteiger partial charge >= 0.3 is 12.1 Å². The molecule has 0 saturated heterocycles. The lowest BCUT2D eigenvalue weighted by Crippen LogP contribution is -2.44. The summed E-state index contributed by atoms with van der Waals surface area (Å²) in [5.41, 5.74) is 0. The van der Waals surface area contributed by atoms with Crippen LogP contribution in [0.15, 0.2) is 12.2 Å². The van der Waals surface area contributed by atoms with E-state index in [-0.39, 0.29) is 12.4 Å². The topological polar surface area (TPSA) is 110 Å². The molecule has 0 fully saturated rings. The number of carbonyl (C=O) groups excluding carboxylic acids is 1. The van der Waals surface area contributed by atoms with Gasteiger partial charge in [0, 0.05) is 12.3 Å². The van der Waals surface area contributed by atoms with E-state index in [1.807, 2.05) is 0 Å². The van der Waals surface area contributed by atoms with Crippen LogP contribution in [-0.2, 0) is 19.4 Å². The molecule has 8 heteroatoms. The van der Waals surface area contributed by atoms with Gasteiger partial charge in [-0.25, -0.2) is 13.2 Å². The molecule has 7 nitrogen and oxygen atoms in total. The Balaban J connectivity index is 2.42. The van der Waals surface area contributed by atoms with Crippen molar-refractivity contribution in [2.75, 3.05) is 18.6 Å². The number of carboxylic acid groups (broad SMARTS) is 1. The number of hydrogen-bond donors (Lipinski definition) is 2. The van der Waals surface area contributed by atoms with Crippen molar-refractivity contribution < 1.29 is 27.9 Å². The largest absolute Gasteiger partial charge is 0.481 e. The van der Waals surface area contributed by atoms with Crippen LogP contribution in [0.25, 0.3) is 0 Å². The first-order valence-corrected chi connectivity index (χ1v) is 7.84. The summed E-state index contributed by atoms with van der Waals surface area (Å²) in [5, 5.41) is 11.4. The Kier molecular flexibility index (Phi) is 5.34. The fraction of sp³-hybridized carbons (Fsp3) is 0.636. The summed E-state index contributed by atoms with van der Waals surface area (Å²) in [7, 11) is -3.19. The number of nitrogens with one attached hydrogen (secondary N) is 1. The van der Waals surface area contributed by atoms with Gasteiger partial charge in [0.25, 0.3) is 0 Å². The van der Waals surface area contributed by atoms with Crippen LogP contribution in [0.2, 0.25) is 0 Å². The van der Waals surface area contributed by atoms with Crippen molar-refractivity contribution in [3.05, 3.63) is 12.2 Å². The third kappa shape index (κ3) is 5.73. The van der Waals surface area contributed by atoms with Gasteiger partial charge in [0.15, 0.2) is 9.84 Å². The standard InChI is InChI=1S/C11H17NO6S/c1-19(16,17)7-6-18-11(15)12-9-5-3-2-4-8(9)10(13)14/h2-3,8-9H,4-7H2,1H3,(H,12,15)(H,13,14)/t8-,9+/m0/s1. The van der Waals surface area contributed by atoms with Gasteiger partial charge in [0.2, 0.25) is 0 Å². The molecule has 1 amide bonds. The highest BCUT2D eigenvalue weighted by molar-refractivity contribution is 7.90. The highest BCUT2D eigenvalue weighted by Crippen LogP contribution is 2.19. The Bertz CT molecular complexity index is 470. The van der Waals surface area contributed by atoms with Crippen LogP contribution in [0.5, 0.6) is 0 Å². The number of sulfone groups is 1. The van der Waals surface area contributed by atoms with E-state index in [1.54, 1.807) is 12.2 Å². The summed E-state index contributed by atoms with van der Waals surface area (Å²) >= 11 is 0. The summed E-state index contributed by atoms with van der Waals surface area (Å²) in [5.74, 6) is -1.92. The van der Waals surface area contributed by atoms with Crippen molar-refractivity contribution in [3.8, 4) is 0 Å². The second kappa shape index (κ2) is 6.55. The molecule has 0 unspecified atom stereocenters. The maximum Gasteiger partial charge on any atom is 0.407 e. The molecule has 0 spiro atoms. The molecule has 2 atom stereocenters. The molecule has 1 aliphatic rings. The number of carbonyl (C=O) groups is 2. The molecule has 0 bridgehead atoms. The second-order valence-corrected chi connectivity index (χ2v) is 6.66. The number of amides is 1. The lowest BCUT2D eigenvalue weighted by atomic mass is 9.89. The predicted octanol–water partition coefficient (Wildman–Crippen LogP) is 0.177. The minimum Gasteiger partial charge on any atom is -0.481 e. The van der Waals surface area contributed by atoms with E-state index >= 15 is 0 Å². The quantitative estimate of drug-likeness (QED) is 0.699. The molecule has 0 radical (unpaired) electrons. The van der Waals surface area contributed by atoms with E-state index in [0.29, 0.717) is 12.8 Å². The van der Waals surface area contributed by atoms with Gasteiger partial charge in [0.1, 0.15) is 6.61 Å².